The van der Waals surface area contributed by atoms with Crippen molar-refractivity contribution in [3.63, 3.8) is 0 Å². The van der Waals surface area contributed by atoms with Crippen LogP contribution >= 0.6 is 0 Å². The van der Waals surface area contributed by atoms with Crippen molar-refractivity contribution in [3.05, 3.63) is 77.1 Å². The van der Waals surface area contributed by atoms with E-state index in [1.807, 2.05) is 30.3 Å². The lowest BCUT2D eigenvalue weighted by molar-refractivity contribution is -0.139. The molecule has 0 aliphatic heterocycles. The van der Waals surface area contributed by atoms with Gasteiger partial charge in [0.1, 0.15) is 11.9 Å². The Balaban J connectivity index is 1.76. The van der Waals surface area contributed by atoms with Crippen LogP contribution in [0, 0.1) is 5.82 Å². The molecular weight excluding hydrogens is 309 g/mol. The number of carbonyl (C=O) groups excluding carboxylic acids is 1. The van der Waals surface area contributed by atoms with Gasteiger partial charge in [-0.1, -0.05) is 42.5 Å². The minimum atomic E-state index is -1.15. The summed E-state index contributed by atoms with van der Waals surface area (Å²) in [5.74, 6) is -2.55. The van der Waals surface area contributed by atoms with Gasteiger partial charge in [-0.25, -0.2) is 9.18 Å². The highest BCUT2D eigenvalue weighted by Crippen LogP contribution is 2.30. The third-order valence-corrected chi connectivity index (χ3v) is 4.08. The fourth-order valence-corrected chi connectivity index (χ4v) is 2.85. The standard InChI is InChI=1S/C19H16FNO3/c20-16-8-4-3-7-15(16)18(22)21-17(19(23)24)11-13-10-9-12-5-1-2-6-14(12)13/h1-8,10,17H,9,11H2,(H,21,22)(H,23,24)/t17-/m1/s1. The maximum atomic E-state index is 13.7. The summed E-state index contributed by atoms with van der Waals surface area (Å²) >= 11 is 0. The molecule has 3 rings (SSSR count). The van der Waals surface area contributed by atoms with E-state index in [-0.39, 0.29) is 12.0 Å². The molecule has 0 saturated heterocycles. The van der Waals surface area contributed by atoms with Crippen LogP contribution in [-0.2, 0) is 11.2 Å². The van der Waals surface area contributed by atoms with E-state index in [1.165, 1.54) is 24.3 Å². The second kappa shape index (κ2) is 6.66. The quantitative estimate of drug-likeness (QED) is 0.888. The molecule has 1 atom stereocenters. The van der Waals surface area contributed by atoms with Crippen LogP contribution in [0.25, 0.3) is 5.57 Å². The molecule has 0 saturated carbocycles. The lowest BCUT2D eigenvalue weighted by Crippen LogP contribution is -2.41. The number of allylic oxidation sites excluding steroid dienone is 1. The van der Waals surface area contributed by atoms with Crippen molar-refractivity contribution >= 4 is 17.4 Å². The number of carbonyl (C=O) groups is 2. The van der Waals surface area contributed by atoms with Crippen LogP contribution in [-0.4, -0.2) is 23.0 Å². The number of aliphatic carboxylic acids is 1. The third kappa shape index (κ3) is 3.20. The molecule has 24 heavy (non-hydrogen) atoms. The first kappa shape index (κ1) is 15.9. The molecule has 2 aromatic carbocycles. The summed E-state index contributed by atoms with van der Waals surface area (Å²) in [6.45, 7) is 0. The van der Waals surface area contributed by atoms with Gasteiger partial charge in [-0.05, 0) is 35.3 Å². The molecule has 0 spiro atoms. The predicted molar refractivity (Wildman–Crippen MR) is 88.0 cm³/mol. The average molecular weight is 325 g/mol. The lowest BCUT2D eigenvalue weighted by Gasteiger charge is -2.16. The molecule has 0 fully saturated rings. The van der Waals surface area contributed by atoms with Gasteiger partial charge in [-0.2, -0.15) is 0 Å². The van der Waals surface area contributed by atoms with E-state index in [4.69, 9.17) is 0 Å². The maximum Gasteiger partial charge on any atom is 0.326 e. The van der Waals surface area contributed by atoms with Crippen LogP contribution in [0.3, 0.4) is 0 Å². The van der Waals surface area contributed by atoms with Gasteiger partial charge in [-0.15, -0.1) is 0 Å². The Labute approximate surface area is 138 Å². The first-order chi connectivity index (χ1) is 11.6. The van der Waals surface area contributed by atoms with Crippen LogP contribution in [0.1, 0.15) is 27.9 Å². The zero-order valence-corrected chi connectivity index (χ0v) is 12.8. The highest BCUT2D eigenvalue weighted by Gasteiger charge is 2.25. The van der Waals surface area contributed by atoms with Gasteiger partial charge in [0.2, 0.25) is 0 Å². The Morgan fingerprint density at radius 3 is 2.58 bits per heavy atom. The number of amides is 1. The summed E-state index contributed by atoms with van der Waals surface area (Å²) in [6.07, 6.45) is 2.88. The number of carboxylic acid groups (broad SMARTS) is 1. The molecule has 1 aliphatic rings. The minimum absolute atomic E-state index is 0.159. The van der Waals surface area contributed by atoms with Crippen molar-refractivity contribution in [2.24, 2.45) is 0 Å². The van der Waals surface area contributed by atoms with Crippen molar-refractivity contribution in [2.75, 3.05) is 0 Å². The number of hydrogen-bond donors (Lipinski definition) is 2. The third-order valence-electron chi connectivity index (χ3n) is 4.08. The van der Waals surface area contributed by atoms with Gasteiger partial charge >= 0.3 is 5.97 Å². The zero-order chi connectivity index (χ0) is 17.1. The summed E-state index contributed by atoms with van der Waals surface area (Å²) in [5, 5.41) is 11.8. The number of rotatable bonds is 5. The van der Waals surface area contributed by atoms with E-state index in [0.29, 0.717) is 0 Å². The largest absolute Gasteiger partial charge is 0.480 e. The molecule has 2 aromatic rings. The smallest absolute Gasteiger partial charge is 0.326 e. The van der Waals surface area contributed by atoms with Crippen LogP contribution < -0.4 is 5.32 Å². The Bertz CT molecular complexity index is 829. The van der Waals surface area contributed by atoms with Gasteiger partial charge in [0, 0.05) is 6.42 Å². The fourth-order valence-electron chi connectivity index (χ4n) is 2.85. The molecule has 1 amide bonds. The van der Waals surface area contributed by atoms with E-state index < -0.39 is 23.7 Å². The fraction of sp³-hybridized carbons (Fsp3) is 0.158. The van der Waals surface area contributed by atoms with Crippen molar-refractivity contribution in [1.29, 1.82) is 0 Å². The molecule has 0 radical (unpaired) electrons. The normalized spacial score (nSPS) is 13.8. The van der Waals surface area contributed by atoms with Gasteiger partial charge in [0.05, 0.1) is 5.56 Å². The number of fused-ring (bicyclic) bond motifs is 1. The predicted octanol–water partition coefficient (Wildman–Crippen LogP) is 3.04. The van der Waals surface area contributed by atoms with Crippen LogP contribution in [0.15, 0.2) is 54.6 Å². The number of carboxylic acids is 1. The minimum Gasteiger partial charge on any atom is -0.480 e. The highest BCUT2D eigenvalue weighted by atomic mass is 19.1. The van der Waals surface area contributed by atoms with Crippen LogP contribution in [0.2, 0.25) is 0 Å². The Kier molecular flexibility index (Phi) is 4.42. The molecule has 2 N–H and O–H groups in total. The molecule has 1 aliphatic carbocycles. The van der Waals surface area contributed by atoms with Crippen molar-refractivity contribution in [2.45, 2.75) is 18.9 Å². The summed E-state index contributed by atoms with van der Waals surface area (Å²) in [5.41, 5.74) is 2.86. The average Bonchev–Trinajstić information content (AvgIpc) is 2.97. The Morgan fingerprint density at radius 2 is 1.83 bits per heavy atom. The molecule has 0 unspecified atom stereocenters. The summed E-state index contributed by atoms with van der Waals surface area (Å²) in [7, 11) is 0. The molecule has 4 nitrogen and oxygen atoms in total. The number of hydrogen-bond acceptors (Lipinski definition) is 2. The Hall–Kier alpha value is -2.95. The zero-order valence-electron chi connectivity index (χ0n) is 12.8. The van der Waals surface area contributed by atoms with E-state index in [1.54, 1.807) is 0 Å². The topological polar surface area (TPSA) is 66.4 Å². The van der Waals surface area contributed by atoms with Gasteiger partial charge in [-0.3, -0.25) is 4.79 Å². The summed E-state index contributed by atoms with van der Waals surface area (Å²) in [4.78, 5) is 23.7. The summed E-state index contributed by atoms with van der Waals surface area (Å²) < 4.78 is 13.7. The molecule has 0 bridgehead atoms. The molecule has 0 aromatic heterocycles. The molecule has 122 valence electrons. The lowest BCUT2D eigenvalue weighted by atomic mass is 9.99. The van der Waals surface area contributed by atoms with Crippen LogP contribution in [0.5, 0.6) is 0 Å². The summed E-state index contributed by atoms with van der Waals surface area (Å²) in [6, 6.07) is 12.1. The van der Waals surface area contributed by atoms with Crippen molar-refractivity contribution in [1.82, 2.24) is 5.32 Å². The second-order valence-electron chi connectivity index (χ2n) is 5.64. The number of nitrogens with one attached hydrogen (secondary N) is 1. The SMILES string of the molecule is O=C(N[C@H](CC1=CCc2ccccc21)C(=O)O)c1ccccc1F. The van der Waals surface area contributed by atoms with Crippen molar-refractivity contribution in [3.8, 4) is 0 Å². The Morgan fingerprint density at radius 1 is 1.12 bits per heavy atom. The first-order valence-corrected chi connectivity index (χ1v) is 7.62. The van der Waals surface area contributed by atoms with Gasteiger partial charge < -0.3 is 10.4 Å². The first-order valence-electron chi connectivity index (χ1n) is 7.62. The van der Waals surface area contributed by atoms with E-state index in [2.05, 4.69) is 5.32 Å². The molecule has 0 heterocycles. The molecular formula is C19H16FNO3. The van der Waals surface area contributed by atoms with E-state index in [9.17, 15) is 19.1 Å². The molecule has 5 heteroatoms. The maximum absolute atomic E-state index is 13.7. The van der Waals surface area contributed by atoms with Gasteiger partial charge in [0.25, 0.3) is 5.91 Å². The monoisotopic (exact) mass is 325 g/mol. The highest BCUT2D eigenvalue weighted by molar-refractivity contribution is 5.97. The van der Waals surface area contributed by atoms with E-state index >= 15 is 0 Å². The van der Waals surface area contributed by atoms with Crippen LogP contribution in [0.4, 0.5) is 4.39 Å². The number of halogens is 1. The second-order valence-corrected chi connectivity index (χ2v) is 5.64. The van der Waals surface area contributed by atoms with E-state index in [0.717, 1.165) is 23.1 Å². The van der Waals surface area contributed by atoms with Gasteiger partial charge in [0.15, 0.2) is 0 Å². The van der Waals surface area contributed by atoms with Crippen molar-refractivity contribution < 1.29 is 19.1 Å². The number of benzene rings is 2.